The van der Waals surface area contributed by atoms with Crippen LogP contribution in [0.3, 0.4) is 0 Å². The molecule has 1 fully saturated rings. The molecule has 2 rings (SSSR count). The van der Waals surface area contributed by atoms with Crippen molar-refractivity contribution in [1.29, 1.82) is 0 Å². The Bertz CT molecular complexity index is 427. The zero-order valence-corrected chi connectivity index (χ0v) is 12.7. The normalized spacial score (nSPS) is 16.1. The van der Waals surface area contributed by atoms with Crippen LogP contribution >= 0.6 is 0 Å². The van der Waals surface area contributed by atoms with E-state index in [0.29, 0.717) is 0 Å². The van der Waals surface area contributed by atoms with Gasteiger partial charge in [0.2, 0.25) is 0 Å². The fourth-order valence-electron chi connectivity index (χ4n) is 2.65. The van der Waals surface area contributed by atoms with Gasteiger partial charge < -0.3 is 9.47 Å². The summed E-state index contributed by atoms with van der Waals surface area (Å²) < 4.78 is 11.3. The van der Waals surface area contributed by atoms with Crippen molar-refractivity contribution in [3.63, 3.8) is 0 Å². The summed E-state index contributed by atoms with van der Waals surface area (Å²) in [7, 11) is 0. The molecule has 20 heavy (non-hydrogen) atoms. The maximum atomic E-state index is 6.00. The van der Waals surface area contributed by atoms with E-state index in [-0.39, 0.29) is 0 Å². The predicted molar refractivity (Wildman–Crippen MR) is 82.6 cm³/mol. The topological polar surface area (TPSA) is 21.7 Å². The summed E-state index contributed by atoms with van der Waals surface area (Å²) in [5.41, 5.74) is 3.73. The second-order valence-corrected chi connectivity index (χ2v) is 5.35. The molecule has 0 atom stereocenters. The summed E-state index contributed by atoms with van der Waals surface area (Å²) in [5.74, 6) is 1.03. The number of rotatable bonds is 6. The number of allylic oxidation sites excluding steroid dienone is 1. The summed E-state index contributed by atoms with van der Waals surface area (Å²) in [6.07, 6.45) is 2.85. The van der Waals surface area contributed by atoms with Gasteiger partial charge in [0.25, 0.3) is 0 Å². The molecular formula is C17H25NO2. The second-order valence-electron chi connectivity index (χ2n) is 5.35. The van der Waals surface area contributed by atoms with E-state index >= 15 is 0 Å². The minimum atomic E-state index is 0.739. The average molecular weight is 275 g/mol. The van der Waals surface area contributed by atoms with Crippen molar-refractivity contribution in [1.82, 2.24) is 4.90 Å². The molecule has 3 heteroatoms. The Balaban J connectivity index is 1.90. The standard InChI is InChI=1S/C17H25NO2/c1-4-5-16-12-14(2)17(15(3)13-16)20-11-8-18-6-9-19-10-7-18/h4,12-13H,1,5-11H2,2-3H3. The third-order valence-corrected chi connectivity index (χ3v) is 3.66. The van der Waals surface area contributed by atoms with E-state index in [9.17, 15) is 0 Å². The molecule has 3 nitrogen and oxygen atoms in total. The van der Waals surface area contributed by atoms with E-state index in [4.69, 9.17) is 9.47 Å². The van der Waals surface area contributed by atoms with Gasteiger partial charge in [0.1, 0.15) is 12.4 Å². The third kappa shape index (κ3) is 4.09. The molecule has 1 saturated heterocycles. The Morgan fingerprint density at radius 3 is 2.50 bits per heavy atom. The maximum absolute atomic E-state index is 6.00. The van der Waals surface area contributed by atoms with Crippen LogP contribution in [0.15, 0.2) is 24.8 Å². The lowest BCUT2D eigenvalue weighted by atomic mass is 10.0. The molecule has 0 aliphatic carbocycles. The van der Waals surface area contributed by atoms with Gasteiger partial charge >= 0.3 is 0 Å². The highest BCUT2D eigenvalue weighted by Gasteiger charge is 2.11. The molecule has 0 unspecified atom stereocenters. The Morgan fingerprint density at radius 1 is 1.25 bits per heavy atom. The smallest absolute Gasteiger partial charge is 0.125 e. The first-order valence-corrected chi connectivity index (χ1v) is 7.34. The fourth-order valence-corrected chi connectivity index (χ4v) is 2.65. The third-order valence-electron chi connectivity index (χ3n) is 3.66. The lowest BCUT2D eigenvalue weighted by Crippen LogP contribution is -2.38. The molecule has 0 bridgehead atoms. The molecule has 0 radical (unpaired) electrons. The molecule has 1 aliphatic rings. The van der Waals surface area contributed by atoms with Crippen LogP contribution in [0.5, 0.6) is 5.75 Å². The summed E-state index contributed by atoms with van der Waals surface area (Å²) in [4.78, 5) is 2.39. The molecule has 0 spiro atoms. The second kappa shape index (κ2) is 7.46. The number of morpholine rings is 1. The van der Waals surface area contributed by atoms with E-state index in [0.717, 1.165) is 51.6 Å². The van der Waals surface area contributed by atoms with Crippen LogP contribution in [0.25, 0.3) is 0 Å². The van der Waals surface area contributed by atoms with Crippen molar-refractivity contribution in [3.05, 3.63) is 41.5 Å². The van der Waals surface area contributed by atoms with E-state index < -0.39 is 0 Å². The zero-order valence-electron chi connectivity index (χ0n) is 12.7. The van der Waals surface area contributed by atoms with Gasteiger partial charge in [-0.2, -0.15) is 0 Å². The van der Waals surface area contributed by atoms with Gasteiger partial charge in [-0.15, -0.1) is 6.58 Å². The van der Waals surface area contributed by atoms with Gasteiger partial charge in [-0.05, 0) is 37.0 Å². The minimum absolute atomic E-state index is 0.739. The Morgan fingerprint density at radius 2 is 1.90 bits per heavy atom. The molecule has 110 valence electrons. The predicted octanol–water partition coefficient (Wildman–Crippen LogP) is 2.74. The van der Waals surface area contributed by atoms with E-state index in [1.807, 2.05) is 6.08 Å². The van der Waals surface area contributed by atoms with Gasteiger partial charge in [-0.3, -0.25) is 4.90 Å². The maximum Gasteiger partial charge on any atom is 0.125 e. The Kier molecular flexibility index (Phi) is 5.62. The first-order valence-electron chi connectivity index (χ1n) is 7.34. The first-order chi connectivity index (χ1) is 9.70. The van der Waals surface area contributed by atoms with Crippen LogP contribution in [0.1, 0.15) is 16.7 Å². The SMILES string of the molecule is C=CCc1cc(C)c(OCCN2CCOCC2)c(C)c1. The van der Waals surface area contributed by atoms with Gasteiger partial charge in [0.05, 0.1) is 13.2 Å². The molecular weight excluding hydrogens is 250 g/mol. The molecule has 1 heterocycles. The monoisotopic (exact) mass is 275 g/mol. The summed E-state index contributed by atoms with van der Waals surface area (Å²) in [6.45, 7) is 13.4. The lowest BCUT2D eigenvalue weighted by molar-refractivity contribution is 0.0322. The summed E-state index contributed by atoms with van der Waals surface area (Å²) in [5, 5.41) is 0. The summed E-state index contributed by atoms with van der Waals surface area (Å²) in [6, 6.07) is 4.39. The largest absolute Gasteiger partial charge is 0.492 e. The van der Waals surface area contributed by atoms with Gasteiger partial charge in [-0.1, -0.05) is 18.2 Å². The number of ether oxygens (including phenoxy) is 2. The first kappa shape index (κ1) is 15.1. The van der Waals surface area contributed by atoms with Crippen molar-refractivity contribution < 1.29 is 9.47 Å². The van der Waals surface area contributed by atoms with Gasteiger partial charge in [0, 0.05) is 19.6 Å². The molecule has 1 aromatic rings. The molecule has 1 aliphatic heterocycles. The summed E-state index contributed by atoms with van der Waals surface area (Å²) >= 11 is 0. The van der Waals surface area contributed by atoms with E-state index in [1.54, 1.807) is 0 Å². The van der Waals surface area contributed by atoms with Crippen LogP contribution in [0, 0.1) is 13.8 Å². The van der Waals surface area contributed by atoms with Crippen molar-refractivity contribution in [2.24, 2.45) is 0 Å². The number of aryl methyl sites for hydroxylation is 2. The number of hydrogen-bond donors (Lipinski definition) is 0. The average Bonchev–Trinajstić information content (AvgIpc) is 2.43. The molecule has 0 aromatic heterocycles. The number of hydrogen-bond acceptors (Lipinski definition) is 3. The van der Waals surface area contributed by atoms with Crippen LogP contribution < -0.4 is 4.74 Å². The minimum Gasteiger partial charge on any atom is -0.492 e. The lowest BCUT2D eigenvalue weighted by Gasteiger charge is -2.26. The van der Waals surface area contributed by atoms with Crippen molar-refractivity contribution in [3.8, 4) is 5.75 Å². The van der Waals surface area contributed by atoms with Gasteiger partial charge in [0.15, 0.2) is 0 Å². The van der Waals surface area contributed by atoms with Crippen LogP contribution in [0.2, 0.25) is 0 Å². The Hall–Kier alpha value is -1.32. The Labute approximate surface area is 122 Å². The molecule has 0 amide bonds. The quantitative estimate of drug-likeness (QED) is 0.745. The van der Waals surface area contributed by atoms with E-state index in [1.165, 1.54) is 16.7 Å². The number of benzene rings is 1. The van der Waals surface area contributed by atoms with Crippen molar-refractivity contribution in [2.75, 3.05) is 39.5 Å². The van der Waals surface area contributed by atoms with Crippen molar-refractivity contribution >= 4 is 0 Å². The highest BCUT2D eigenvalue weighted by Crippen LogP contribution is 2.25. The highest BCUT2D eigenvalue weighted by atomic mass is 16.5. The van der Waals surface area contributed by atoms with Crippen LogP contribution in [0.4, 0.5) is 0 Å². The van der Waals surface area contributed by atoms with Crippen LogP contribution in [-0.2, 0) is 11.2 Å². The van der Waals surface area contributed by atoms with Crippen molar-refractivity contribution in [2.45, 2.75) is 20.3 Å². The molecule has 1 aromatic carbocycles. The molecule has 0 saturated carbocycles. The highest BCUT2D eigenvalue weighted by molar-refractivity contribution is 5.43. The van der Waals surface area contributed by atoms with Gasteiger partial charge in [-0.25, -0.2) is 0 Å². The number of nitrogens with zero attached hydrogens (tertiary/aromatic N) is 1. The van der Waals surface area contributed by atoms with Crippen LogP contribution in [-0.4, -0.2) is 44.4 Å². The fraction of sp³-hybridized carbons (Fsp3) is 0.529. The van der Waals surface area contributed by atoms with E-state index in [2.05, 4.69) is 37.5 Å². The zero-order chi connectivity index (χ0) is 14.4. The molecule has 0 N–H and O–H groups in total.